The van der Waals surface area contributed by atoms with Gasteiger partial charge in [0.2, 0.25) is 0 Å². The molecule has 0 spiro atoms. The van der Waals surface area contributed by atoms with Crippen molar-refractivity contribution in [1.82, 2.24) is 0 Å². The average Bonchev–Trinajstić information content (AvgIpc) is 2.21. The lowest BCUT2D eigenvalue weighted by Gasteiger charge is -2.28. The molecule has 1 aliphatic carbocycles. The number of aliphatic hydroxyl groups is 1. The van der Waals surface area contributed by atoms with Gasteiger partial charge in [0.15, 0.2) is 0 Å². The second-order valence-electron chi connectivity index (χ2n) is 4.45. The summed E-state index contributed by atoms with van der Waals surface area (Å²) in [5.41, 5.74) is 0. The highest BCUT2D eigenvalue weighted by atomic mass is 35.5. The van der Waals surface area contributed by atoms with E-state index in [1.807, 2.05) is 0 Å². The molecule has 16 heavy (non-hydrogen) atoms. The molecule has 0 aliphatic heterocycles. The lowest BCUT2D eigenvalue weighted by Crippen LogP contribution is -2.34. The van der Waals surface area contributed by atoms with Crippen molar-refractivity contribution in [2.24, 2.45) is 5.92 Å². The van der Waals surface area contributed by atoms with Crippen LogP contribution in [-0.2, 0) is 20.4 Å². The molecule has 0 aromatic carbocycles. The molecule has 0 heterocycles. The number of esters is 1. The number of ether oxygens (including phenoxy) is 1. The predicted octanol–water partition coefficient (Wildman–Crippen LogP) is 1.18. The molecule has 1 rings (SSSR count). The van der Waals surface area contributed by atoms with E-state index in [-0.39, 0.29) is 17.3 Å². The van der Waals surface area contributed by atoms with Crippen LogP contribution in [0.15, 0.2) is 0 Å². The normalized spacial score (nSPS) is 30.4. The minimum atomic E-state index is -0.569. The van der Waals surface area contributed by atoms with Gasteiger partial charge in [-0.3, -0.25) is 4.79 Å². The quantitative estimate of drug-likeness (QED) is 0.473. The Labute approximate surface area is 105 Å². The highest BCUT2D eigenvalue weighted by Crippen LogP contribution is 2.28. The van der Waals surface area contributed by atoms with Gasteiger partial charge in [0.1, 0.15) is 12.4 Å². The molecular weight excluding hydrogens is 248 g/mol. The zero-order valence-corrected chi connectivity index (χ0v) is 11.4. The van der Waals surface area contributed by atoms with Gasteiger partial charge in [-0.1, -0.05) is 0 Å². The van der Waals surface area contributed by atoms with Gasteiger partial charge in [0.25, 0.3) is 0 Å². The summed E-state index contributed by atoms with van der Waals surface area (Å²) < 4.78 is 5.19. The predicted molar refractivity (Wildman–Crippen MR) is 68.0 cm³/mol. The van der Waals surface area contributed by atoms with Crippen LogP contribution in [0.3, 0.4) is 0 Å². The van der Waals surface area contributed by atoms with E-state index >= 15 is 0 Å². The summed E-state index contributed by atoms with van der Waals surface area (Å²) in [7, 11) is 0.303. The number of carbonyl (C=O) groups excluding carboxylic acids is 1. The van der Waals surface area contributed by atoms with Crippen LogP contribution in [-0.4, -0.2) is 47.4 Å². The van der Waals surface area contributed by atoms with Crippen LogP contribution in [0.2, 0.25) is 0 Å². The molecule has 1 saturated carbocycles. The van der Waals surface area contributed by atoms with Crippen molar-refractivity contribution in [2.45, 2.75) is 30.7 Å². The second-order valence-corrected chi connectivity index (χ2v) is 7.39. The average molecular weight is 268 g/mol. The third kappa shape index (κ3) is 4.52. The first-order chi connectivity index (χ1) is 7.50. The molecule has 0 aromatic heterocycles. The Morgan fingerprint density at radius 1 is 1.50 bits per heavy atom. The molecule has 3 nitrogen and oxygen atoms in total. The molecule has 0 saturated heterocycles. The standard InChI is InChI=1S/C11H20ClO3S/c1-16(2)6-5-15-11(14)8-3-4-9(12)10(13)7-8/h8-10,13H,3-7H2,1-2H3/q+1. The third-order valence-electron chi connectivity index (χ3n) is 2.80. The van der Waals surface area contributed by atoms with E-state index in [0.29, 0.717) is 30.3 Å². The van der Waals surface area contributed by atoms with E-state index in [0.717, 1.165) is 12.2 Å². The molecule has 0 aromatic rings. The topological polar surface area (TPSA) is 46.5 Å². The largest absolute Gasteiger partial charge is 0.460 e. The summed E-state index contributed by atoms with van der Waals surface area (Å²) in [4.78, 5) is 11.7. The summed E-state index contributed by atoms with van der Waals surface area (Å²) in [5.74, 6) is 0.577. The van der Waals surface area contributed by atoms with Crippen molar-refractivity contribution in [1.29, 1.82) is 0 Å². The second kappa shape index (κ2) is 6.72. The maximum absolute atomic E-state index is 11.7. The van der Waals surface area contributed by atoms with Crippen molar-refractivity contribution in [3.05, 3.63) is 0 Å². The summed E-state index contributed by atoms with van der Waals surface area (Å²) in [6, 6.07) is 0. The molecule has 3 unspecified atom stereocenters. The van der Waals surface area contributed by atoms with Gasteiger partial charge >= 0.3 is 5.97 Å². The van der Waals surface area contributed by atoms with Crippen LogP contribution in [0.25, 0.3) is 0 Å². The summed E-state index contributed by atoms with van der Waals surface area (Å²) >= 11 is 5.88. The number of aliphatic hydroxyl groups excluding tert-OH is 1. The number of hydrogen-bond donors (Lipinski definition) is 1. The van der Waals surface area contributed by atoms with E-state index in [4.69, 9.17) is 16.3 Å². The molecule has 0 amide bonds. The SMILES string of the molecule is C[S+](C)CCOC(=O)C1CCC(Cl)C(O)C1. The zero-order chi connectivity index (χ0) is 12.1. The number of alkyl halides is 1. The molecule has 0 radical (unpaired) electrons. The molecular formula is C11H20ClO3S+. The number of hydrogen-bond acceptors (Lipinski definition) is 3. The summed E-state index contributed by atoms with van der Waals surface area (Å²) in [6.07, 6.45) is 5.53. The number of carbonyl (C=O) groups is 1. The van der Waals surface area contributed by atoms with Gasteiger partial charge in [-0.05, 0) is 30.2 Å². The number of halogens is 1. The van der Waals surface area contributed by atoms with Crippen molar-refractivity contribution in [3.63, 3.8) is 0 Å². The Morgan fingerprint density at radius 3 is 2.75 bits per heavy atom. The molecule has 94 valence electrons. The van der Waals surface area contributed by atoms with Crippen molar-refractivity contribution < 1.29 is 14.6 Å². The van der Waals surface area contributed by atoms with Gasteiger partial charge in [-0.2, -0.15) is 0 Å². The van der Waals surface area contributed by atoms with E-state index in [9.17, 15) is 9.90 Å². The molecule has 0 bridgehead atoms. The zero-order valence-electron chi connectivity index (χ0n) is 9.82. The van der Waals surface area contributed by atoms with E-state index in [2.05, 4.69) is 12.5 Å². The molecule has 3 atom stereocenters. The Kier molecular flexibility index (Phi) is 5.94. The van der Waals surface area contributed by atoms with Crippen LogP contribution in [0.4, 0.5) is 0 Å². The summed E-state index contributed by atoms with van der Waals surface area (Å²) in [5, 5.41) is 9.37. The fourth-order valence-electron chi connectivity index (χ4n) is 1.75. The van der Waals surface area contributed by atoms with Gasteiger partial charge in [0, 0.05) is 0 Å². The van der Waals surface area contributed by atoms with Crippen molar-refractivity contribution >= 4 is 28.5 Å². The van der Waals surface area contributed by atoms with Crippen LogP contribution in [0.5, 0.6) is 0 Å². The minimum absolute atomic E-state index is 0.166. The van der Waals surface area contributed by atoms with Crippen molar-refractivity contribution in [3.8, 4) is 0 Å². The first-order valence-corrected chi connectivity index (χ1v) is 8.18. The lowest BCUT2D eigenvalue weighted by molar-refractivity contribution is -0.150. The maximum Gasteiger partial charge on any atom is 0.309 e. The fraction of sp³-hybridized carbons (Fsp3) is 0.909. The smallest absolute Gasteiger partial charge is 0.309 e. The Hall–Kier alpha value is 0.0700. The van der Waals surface area contributed by atoms with Gasteiger partial charge in [-0.15, -0.1) is 11.6 Å². The molecule has 1 aliphatic rings. The highest BCUT2D eigenvalue weighted by molar-refractivity contribution is 7.95. The molecule has 1 fully saturated rings. The van der Waals surface area contributed by atoms with Gasteiger partial charge in [0.05, 0.1) is 29.9 Å². The van der Waals surface area contributed by atoms with Crippen LogP contribution in [0.1, 0.15) is 19.3 Å². The monoisotopic (exact) mass is 267 g/mol. The first-order valence-electron chi connectivity index (χ1n) is 5.53. The maximum atomic E-state index is 11.7. The third-order valence-corrected chi connectivity index (χ3v) is 4.30. The van der Waals surface area contributed by atoms with E-state index in [1.54, 1.807) is 0 Å². The Balaban J connectivity index is 2.26. The molecule has 5 heteroatoms. The van der Waals surface area contributed by atoms with Crippen molar-refractivity contribution in [2.75, 3.05) is 24.9 Å². The van der Waals surface area contributed by atoms with Gasteiger partial charge < -0.3 is 9.84 Å². The summed E-state index contributed by atoms with van der Waals surface area (Å²) in [6.45, 7) is 0.492. The lowest BCUT2D eigenvalue weighted by atomic mass is 9.87. The highest BCUT2D eigenvalue weighted by Gasteiger charge is 2.32. The Bertz CT molecular complexity index is 235. The van der Waals surface area contributed by atoms with Gasteiger partial charge in [-0.25, -0.2) is 0 Å². The number of rotatable bonds is 4. The van der Waals surface area contributed by atoms with E-state index in [1.165, 1.54) is 0 Å². The fourth-order valence-corrected chi connectivity index (χ4v) is 2.40. The van der Waals surface area contributed by atoms with E-state index < -0.39 is 6.10 Å². The van der Waals surface area contributed by atoms with Crippen LogP contribution >= 0.6 is 11.6 Å². The Morgan fingerprint density at radius 2 is 2.19 bits per heavy atom. The minimum Gasteiger partial charge on any atom is -0.460 e. The molecule has 1 N–H and O–H groups in total. The van der Waals surface area contributed by atoms with Crippen LogP contribution < -0.4 is 0 Å². The first kappa shape index (κ1) is 14.1. The van der Waals surface area contributed by atoms with Crippen LogP contribution in [0, 0.1) is 5.92 Å².